The fourth-order valence-electron chi connectivity index (χ4n) is 1.68. The van der Waals surface area contributed by atoms with Crippen molar-refractivity contribution in [1.82, 2.24) is 9.97 Å². The maximum atomic E-state index is 10.6. The van der Waals surface area contributed by atoms with Crippen molar-refractivity contribution in [3.8, 4) is 0 Å². The van der Waals surface area contributed by atoms with Gasteiger partial charge in [0.15, 0.2) is 5.82 Å². The van der Waals surface area contributed by atoms with Crippen molar-refractivity contribution < 1.29 is 4.92 Å². The molecule has 0 amide bonds. The third-order valence-corrected chi connectivity index (χ3v) is 3.49. The molecule has 0 aliphatic heterocycles. The summed E-state index contributed by atoms with van der Waals surface area (Å²) >= 11 is 1.55. The number of thiophene rings is 1. The molecule has 0 atom stereocenters. The van der Waals surface area contributed by atoms with E-state index in [0.717, 1.165) is 15.9 Å². The molecule has 0 saturated heterocycles. The molecule has 0 unspecified atom stereocenters. The first-order valence-corrected chi connectivity index (χ1v) is 6.32. The number of benzene rings is 1. The van der Waals surface area contributed by atoms with Crippen LogP contribution in [0.5, 0.6) is 0 Å². The lowest BCUT2D eigenvalue weighted by molar-refractivity contribution is -0.384. The van der Waals surface area contributed by atoms with Gasteiger partial charge in [0.1, 0.15) is 6.33 Å². The van der Waals surface area contributed by atoms with Gasteiger partial charge >= 0.3 is 0 Å². The van der Waals surface area contributed by atoms with E-state index in [1.54, 1.807) is 23.5 Å². The first kappa shape index (κ1) is 11.5. The quantitative estimate of drug-likeness (QED) is 0.584. The molecule has 3 aromatic rings. The van der Waals surface area contributed by atoms with Crippen LogP contribution in [0.1, 0.15) is 0 Å². The number of hydrogen-bond acceptors (Lipinski definition) is 6. The van der Waals surface area contributed by atoms with Crippen molar-refractivity contribution >= 4 is 38.7 Å². The summed E-state index contributed by atoms with van der Waals surface area (Å²) in [6, 6.07) is 8.13. The van der Waals surface area contributed by atoms with Crippen LogP contribution < -0.4 is 5.32 Å². The smallest absolute Gasteiger partial charge is 0.269 e. The Bertz CT molecular complexity index is 739. The monoisotopic (exact) mass is 272 g/mol. The van der Waals surface area contributed by atoms with Crippen molar-refractivity contribution in [1.29, 1.82) is 0 Å². The van der Waals surface area contributed by atoms with Gasteiger partial charge in [-0.1, -0.05) is 0 Å². The number of nitro groups is 1. The van der Waals surface area contributed by atoms with Gasteiger partial charge in [-0.05, 0) is 23.6 Å². The zero-order valence-electron chi connectivity index (χ0n) is 9.61. The van der Waals surface area contributed by atoms with E-state index >= 15 is 0 Å². The summed E-state index contributed by atoms with van der Waals surface area (Å²) in [5, 5.41) is 15.7. The van der Waals surface area contributed by atoms with E-state index in [-0.39, 0.29) is 5.69 Å². The number of nitrogens with one attached hydrogen (secondary N) is 1. The Hall–Kier alpha value is -2.54. The van der Waals surface area contributed by atoms with Crippen LogP contribution in [0.15, 0.2) is 42.0 Å². The molecule has 0 fully saturated rings. The molecule has 3 rings (SSSR count). The molecule has 6 nitrogen and oxygen atoms in total. The van der Waals surface area contributed by atoms with E-state index in [4.69, 9.17) is 0 Å². The van der Waals surface area contributed by atoms with Gasteiger partial charge in [0, 0.05) is 17.8 Å². The van der Waals surface area contributed by atoms with Gasteiger partial charge in [-0.2, -0.15) is 0 Å². The Labute approximate surface area is 111 Å². The van der Waals surface area contributed by atoms with E-state index in [1.165, 1.54) is 18.5 Å². The molecule has 1 aromatic carbocycles. The van der Waals surface area contributed by atoms with Crippen LogP contribution in [0, 0.1) is 10.1 Å². The number of nitrogens with zero attached hydrogens (tertiary/aromatic N) is 3. The minimum Gasteiger partial charge on any atom is -0.339 e. The molecule has 0 saturated carbocycles. The minimum atomic E-state index is -0.425. The minimum absolute atomic E-state index is 0.0644. The van der Waals surface area contributed by atoms with Gasteiger partial charge in [0.25, 0.3) is 5.69 Å². The van der Waals surface area contributed by atoms with Crippen LogP contribution in [0.25, 0.3) is 10.2 Å². The summed E-state index contributed by atoms with van der Waals surface area (Å²) in [4.78, 5) is 18.5. The molecule has 7 heteroatoms. The molecule has 0 radical (unpaired) electrons. The van der Waals surface area contributed by atoms with Gasteiger partial charge in [0.2, 0.25) is 0 Å². The second-order valence-corrected chi connectivity index (χ2v) is 4.70. The highest BCUT2D eigenvalue weighted by Crippen LogP contribution is 2.27. The van der Waals surface area contributed by atoms with E-state index in [0.29, 0.717) is 5.82 Å². The van der Waals surface area contributed by atoms with Crippen LogP contribution in [-0.2, 0) is 0 Å². The number of hydrogen-bond donors (Lipinski definition) is 1. The third-order valence-electron chi connectivity index (χ3n) is 2.58. The molecule has 0 aliphatic rings. The van der Waals surface area contributed by atoms with Gasteiger partial charge in [0.05, 0.1) is 15.1 Å². The van der Waals surface area contributed by atoms with Crippen LogP contribution in [0.2, 0.25) is 0 Å². The lowest BCUT2D eigenvalue weighted by Crippen LogP contribution is -1.95. The number of fused-ring (bicyclic) bond motifs is 1. The topological polar surface area (TPSA) is 81.0 Å². The predicted octanol–water partition coefficient (Wildman–Crippen LogP) is 3.34. The van der Waals surface area contributed by atoms with Crippen LogP contribution in [-0.4, -0.2) is 14.9 Å². The lowest BCUT2D eigenvalue weighted by atomic mass is 10.3. The van der Waals surface area contributed by atoms with E-state index in [9.17, 15) is 10.1 Å². The van der Waals surface area contributed by atoms with Crippen LogP contribution in [0.3, 0.4) is 0 Å². The number of non-ortho nitro benzene ring substituents is 1. The van der Waals surface area contributed by atoms with Gasteiger partial charge in [-0.15, -0.1) is 11.3 Å². The Morgan fingerprint density at radius 3 is 2.68 bits per heavy atom. The molecule has 0 spiro atoms. The standard InChI is InChI=1S/C12H8N4O2S/c17-16(18)9-3-1-8(2-4-9)15-12-11-10(5-6-19-11)13-7-14-12/h1-7H,(H,13,14,15). The second kappa shape index (κ2) is 4.62. The molecule has 94 valence electrons. The van der Waals surface area contributed by atoms with Gasteiger partial charge in [-0.25, -0.2) is 9.97 Å². The summed E-state index contributed by atoms with van der Waals surface area (Å²) in [7, 11) is 0. The molecule has 1 N–H and O–H groups in total. The average molecular weight is 272 g/mol. The second-order valence-electron chi connectivity index (χ2n) is 3.79. The fourth-order valence-corrected chi connectivity index (χ4v) is 2.47. The summed E-state index contributed by atoms with van der Waals surface area (Å²) < 4.78 is 0.959. The van der Waals surface area contributed by atoms with Crippen molar-refractivity contribution in [3.63, 3.8) is 0 Å². The van der Waals surface area contributed by atoms with Gasteiger partial charge in [-0.3, -0.25) is 10.1 Å². The van der Waals surface area contributed by atoms with Crippen molar-refractivity contribution in [2.45, 2.75) is 0 Å². The predicted molar refractivity (Wildman–Crippen MR) is 73.8 cm³/mol. The molecule has 2 heterocycles. The zero-order valence-corrected chi connectivity index (χ0v) is 10.4. The fraction of sp³-hybridized carbons (Fsp3) is 0. The normalized spacial score (nSPS) is 10.5. The summed E-state index contributed by atoms with van der Waals surface area (Å²) in [5.41, 5.74) is 1.69. The van der Waals surface area contributed by atoms with Crippen molar-refractivity contribution in [2.24, 2.45) is 0 Å². The van der Waals surface area contributed by atoms with Crippen LogP contribution >= 0.6 is 11.3 Å². The van der Waals surface area contributed by atoms with Gasteiger partial charge < -0.3 is 5.32 Å². The molecule has 19 heavy (non-hydrogen) atoms. The molecule has 0 bridgehead atoms. The Kier molecular flexibility index (Phi) is 2.81. The maximum absolute atomic E-state index is 10.6. The van der Waals surface area contributed by atoms with E-state index in [1.807, 2.05) is 11.4 Å². The van der Waals surface area contributed by atoms with E-state index < -0.39 is 4.92 Å². The largest absolute Gasteiger partial charge is 0.339 e. The number of anilines is 2. The number of nitro benzene ring substituents is 1. The zero-order chi connectivity index (χ0) is 13.2. The van der Waals surface area contributed by atoms with Crippen molar-refractivity contribution in [2.75, 3.05) is 5.32 Å². The summed E-state index contributed by atoms with van der Waals surface area (Å²) in [6.45, 7) is 0. The summed E-state index contributed by atoms with van der Waals surface area (Å²) in [6.07, 6.45) is 1.49. The number of aromatic nitrogens is 2. The van der Waals surface area contributed by atoms with Crippen LogP contribution in [0.4, 0.5) is 17.2 Å². The third kappa shape index (κ3) is 2.23. The Balaban J connectivity index is 1.92. The first-order valence-electron chi connectivity index (χ1n) is 5.44. The maximum Gasteiger partial charge on any atom is 0.269 e. The highest BCUT2D eigenvalue weighted by molar-refractivity contribution is 7.17. The lowest BCUT2D eigenvalue weighted by Gasteiger charge is -2.05. The average Bonchev–Trinajstić information content (AvgIpc) is 2.89. The van der Waals surface area contributed by atoms with E-state index in [2.05, 4.69) is 15.3 Å². The highest BCUT2D eigenvalue weighted by atomic mass is 32.1. The molecular formula is C12H8N4O2S. The Morgan fingerprint density at radius 2 is 1.95 bits per heavy atom. The van der Waals surface area contributed by atoms with Crippen molar-refractivity contribution in [3.05, 3.63) is 52.2 Å². The highest BCUT2D eigenvalue weighted by Gasteiger charge is 2.07. The number of rotatable bonds is 3. The molecular weight excluding hydrogens is 264 g/mol. The SMILES string of the molecule is O=[N+]([O-])c1ccc(Nc2ncnc3ccsc23)cc1. The summed E-state index contributed by atoms with van der Waals surface area (Å²) in [5.74, 6) is 0.703. The first-order chi connectivity index (χ1) is 9.24. The Morgan fingerprint density at radius 1 is 1.16 bits per heavy atom. The molecule has 2 aromatic heterocycles. The molecule has 0 aliphatic carbocycles.